The second-order valence-corrected chi connectivity index (χ2v) is 7.45. The van der Waals surface area contributed by atoms with Crippen molar-refractivity contribution in [2.45, 2.75) is 26.3 Å². The number of aryl methyl sites for hydroxylation is 2. The summed E-state index contributed by atoms with van der Waals surface area (Å²) in [7, 11) is 0. The maximum absolute atomic E-state index is 15.3. The highest BCUT2D eigenvalue weighted by molar-refractivity contribution is 6.11. The van der Waals surface area contributed by atoms with Crippen LogP contribution in [0.5, 0.6) is 0 Å². The van der Waals surface area contributed by atoms with E-state index in [4.69, 9.17) is 5.73 Å². The molecule has 0 aliphatic carbocycles. The molecule has 30 heavy (non-hydrogen) atoms. The molecule has 156 valence electrons. The minimum atomic E-state index is -3.52. The Morgan fingerprint density at radius 3 is 2.60 bits per heavy atom. The number of fused-ring (bicyclic) bond motifs is 2. The second-order valence-electron chi connectivity index (χ2n) is 7.45. The van der Waals surface area contributed by atoms with Crippen molar-refractivity contribution in [2.24, 2.45) is 5.73 Å². The van der Waals surface area contributed by atoms with Gasteiger partial charge in [-0.15, -0.1) is 0 Å². The third-order valence-electron chi connectivity index (χ3n) is 5.60. The molecule has 2 aromatic carbocycles. The summed E-state index contributed by atoms with van der Waals surface area (Å²) >= 11 is 0. The number of nitrogens with zero attached hydrogens (tertiary/aromatic N) is 1. The summed E-state index contributed by atoms with van der Waals surface area (Å²) in [6.07, 6.45) is -1.46. The van der Waals surface area contributed by atoms with E-state index in [1.54, 1.807) is 13.8 Å². The molecule has 0 radical (unpaired) electrons. The van der Waals surface area contributed by atoms with Crippen molar-refractivity contribution in [3.8, 4) is 11.1 Å². The first-order chi connectivity index (χ1) is 14.0. The number of H-pyrrole nitrogens is 1. The Kier molecular flexibility index (Phi) is 4.30. The zero-order valence-electron chi connectivity index (χ0n) is 16.1. The third-order valence-corrected chi connectivity index (χ3v) is 5.60. The van der Waals surface area contributed by atoms with Crippen LogP contribution in [0.3, 0.4) is 0 Å². The molecule has 4 N–H and O–H groups in total. The van der Waals surface area contributed by atoms with Crippen molar-refractivity contribution in [3.05, 3.63) is 58.0 Å². The first-order valence-electron chi connectivity index (χ1n) is 9.12. The number of nitrogens with one attached hydrogen (secondary N) is 1. The van der Waals surface area contributed by atoms with Gasteiger partial charge in [-0.3, -0.25) is 9.69 Å². The number of nitrogens with two attached hydrogens (primary N) is 1. The van der Waals surface area contributed by atoms with E-state index >= 15 is 13.2 Å². The van der Waals surface area contributed by atoms with Gasteiger partial charge in [0.1, 0.15) is 5.82 Å². The van der Waals surface area contributed by atoms with Crippen LogP contribution in [0.2, 0.25) is 0 Å². The molecule has 2 amide bonds. The topological polar surface area (TPSA) is 99.4 Å². The Balaban J connectivity index is 2.08. The van der Waals surface area contributed by atoms with E-state index in [0.717, 1.165) is 6.07 Å². The SMILES string of the molecule is Cc1[nH]c2c(C(N)=O)cc(F)c(-c3cccc4c3C(F)(F)CN(C(=O)O)C4)c2c1C. The predicted octanol–water partition coefficient (Wildman–Crippen LogP) is 4.28. The lowest BCUT2D eigenvalue weighted by atomic mass is 9.86. The van der Waals surface area contributed by atoms with Crippen LogP contribution in [0.1, 0.15) is 32.7 Å². The van der Waals surface area contributed by atoms with Gasteiger partial charge in [-0.2, -0.15) is 8.78 Å². The summed E-state index contributed by atoms with van der Waals surface area (Å²) in [6, 6.07) is 5.22. The van der Waals surface area contributed by atoms with Crippen LogP contribution in [0.25, 0.3) is 22.0 Å². The monoisotopic (exact) mass is 417 g/mol. The summed E-state index contributed by atoms with van der Waals surface area (Å²) < 4.78 is 45.4. The van der Waals surface area contributed by atoms with Gasteiger partial charge in [-0.25, -0.2) is 9.18 Å². The highest BCUT2D eigenvalue weighted by Gasteiger charge is 2.44. The van der Waals surface area contributed by atoms with Gasteiger partial charge < -0.3 is 15.8 Å². The molecule has 0 saturated carbocycles. The van der Waals surface area contributed by atoms with Crippen LogP contribution >= 0.6 is 0 Å². The number of carboxylic acid groups (broad SMARTS) is 1. The summed E-state index contributed by atoms with van der Waals surface area (Å²) in [5.74, 6) is -5.23. The number of aromatic amines is 1. The average molecular weight is 417 g/mol. The first kappa shape index (κ1) is 19.8. The van der Waals surface area contributed by atoms with Gasteiger partial charge in [0.25, 0.3) is 11.8 Å². The van der Waals surface area contributed by atoms with Crippen molar-refractivity contribution < 1.29 is 27.9 Å². The molecule has 1 aliphatic heterocycles. The van der Waals surface area contributed by atoms with Crippen molar-refractivity contribution in [1.82, 2.24) is 9.88 Å². The Labute approximate surface area is 169 Å². The lowest BCUT2D eigenvalue weighted by Gasteiger charge is -2.34. The summed E-state index contributed by atoms with van der Waals surface area (Å²) in [4.78, 5) is 26.7. The predicted molar refractivity (Wildman–Crippen MR) is 104 cm³/mol. The fourth-order valence-electron chi connectivity index (χ4n) is 4.17. The molecule has 2 heterocycles. The van der Waals surface area contributed by atoms with E-state index in [1.165, 1.54) is 18.2 Å². The van der Waals surface area contributed by atoms with Crippen LogP contribution in [0.4, 0.5) is 18.0 Å². The Morgan fingerprint density at radius 1 is 1.27 bits per heavy atom. The smallest absolute Gasteiger partial charge is 0.407 e. The zero-order chi connectivity index (χ0) is 22.0. The van der Waals surface area contributed by atoms with Crippen LogP contribution in [0, 0.1) is 19.7 Å². The fourth-order valence-corrected chi connectivity index (χ4v) is 4.17. The number of hydrogen-bond acceptors (Lipinski definition) is 2. The van der Waals surface area contributed by atoms with E-state index in [9.17, 15) is 14.7 Å². The molecule has 0 spiro atoms. The minimum absolute atomic E-state index is 0.0387. The molecule has 1 aromatic heterocycles. The molecule has 0 fully saturated rings. The summed E-state index contributed by atoms with van der Waals surface area (Å²) in [5, 5.41) is 9.47. The Bertz CT molecular complexity index is 1230. The Hall–Kier alpha value is -3.49. The van der Waals surface area contributed by atoms with Gasteiger partial charge in [0, 0.05) is 28.8 Å². The molecule has 9 heteroatoms. The molecule has 3 aromatic rings. The van der Waals surface area contributed by atoms with Crippen molar-refractivity contribution >= 4 is 22.9 Å². The van der Waals surface area contributed by atoms with Gasteiger partial charge in [0.2, 0.25) is 0 Å². The minimum Gasteiger partial charge on any atom is -0.465 e. The largest absolute Gasteiger partial charge is 0.465 e. The van der Waals surface area contributed by atoms with Crippen molar-refractivity contribution in [3.63, 3.8) is 0 Å². The number of rotatable bonds is 2. The summed E-state index contributed by atoms with van der Waals surface area (Å²) in [5.41, 5.74) is 6.42. The average Bonchev–Trinajstić information content (AvgIpc) is 2.94. The maximum Gasteiger partial charge on any atom is 0.407 e. The number of halogens is 3. The summed E-state index contributed by atoms with van der Waals surface area (Å²) in [6.45, 7) is 2.16. The normalized spacial score (nSPS) is 15.3. The molecule has 0 atom stereocenters. The van der Waals surface area contributed by atoms with Crippen LogP contribution in [-0.4, -0.2) is 33.5 Å². The number of hydrogen-bond donors (Lipinski definition) is 3. The van der Waals surface area contributed by atoms with Crippen molar-refractivity contribution in [1.29, 1.82) is 0 Å². The lowest BCUT2D eigenvalue weighted by Crippen LogP contribution is -2.43. The second kappa shape index (κ2) is 6.51. The van der Waals surface area contributed by atoms with Crippen LogP contribution in [-0.2, 0) is 12.5 Å². The Morgan fingerprint density at radius 2 is 1.97 bits per heavy atom. The molecule has 4 rings (SSSR count). The van der Waals surface area contributed by atoms with Crippen LogP contribution in [0.15, 0.2) is 24.3 Å². The fraction of sp³-hybridized carbons (Fsp3) is 0.238. The zero-order valence-corrected chi connectivity index (χ0v) is 16.1. The van der Waals surface area contributed by atoms with E-state index < -0.39 is 35.8 Å². The molecule has 0 unspecified atom stereocenters. The van der Waals surface area contributed by atoms with Gasteiger partial charge >= 0.3 is 6.09 Å². The number of benzene rings is 2. The number of aromatic nitrogens is 1. The molecular formula is C21H18F3N3O3. The van der Waals surface area contributed by atoms with Crippen molar-refractivity contribution in [2.75, 3.05) is 6.54 Å². The lowest BCUT2D eigenvalue weighted by molar-refractivity contribution is -0.0457. The number of carbonyl (C=O) groups is 2. The standard InChI is InChI=1S/C21H18F3N3O3/c1-9-10(2)26-18-13(19(25)28)6-14(22)16(15(9)18)12-5-3-4-11-7-27(20(29)30)8-21(23,24)17(11)12/h3-6,26H,7-8H2,1-2H3,(H2,25,28)(H,29,30). The molecule has 6 nitrogen and oxygen atoms in total. The van der Waals surface area contributed by atoms with Gasteiger partial charge in [-0.05, 0) is 36.6 Å². The molecular weight excluding hydrogens is 399 g/mol. The number of amides is 2. The van der Waals surface area contributed by atoms with E-state index in [1.807, 2.05) is 0 Å². The van der Waals surface area contributed by atoms with Crippen LogP contribution < -0.4 is 5.73 Å². The van der Waals surface area contributed by atoms with Gasteiger partial charge in [0.15, 0.2) is 0 Å². The quantitative estimate of drug-likeness (QED) is 0.580. The van der Waals surface area contributed by atoms with E-state index in [0.29, 0.717) is 21.5 Å². The van der Waals surface area contributed by atoms with E-state index in [2.05, 4.69) is 4.98 Å². The first-order valence-corrected chi connectivity index (χ1v) is 9.12. The molecule has 0 bridgehead atoms. The third kappa shape index (κ3) is 2.80. The highest BCUT2D eigenvalue weighted by Crippen LogP contribution is 2.46. The molecule has 0 saturated heterocycles. The maximum atomic E-state index is 15.3. The van der Waals surface area contributed by atoms with Gasteiger partial charge in [-0.1, -0.05) is 18.2 Å². The number of alkyl halides is 2. The number of primary amides is 1. The van der Waals surface area contributed by atoms with E-state index in [-0.39, 0.29) is 34.3 Å². The molecule has 1 aliphatic rings. The number of carbonyl (C=O) groups excluding carboxylic acids is 1. The highest BCUT2D eigenvalue weighted by atomic mass is 19.3. The van der Waals surface area contributed by atoms with Gasteiger partial charge in [0.05, 0.1) is 17.6 Å².